The average molecular weight is 360 g/mol. The van der Waals surface area contributed by atoms with Crippen LogP contribution in [0.1, 0.15) is 47.2 Å². The Morgan fingerprint density at radius 3 is 2.77 bits per heavy atom. The van der Waals surface area contributed by atoms with Crippen LogP contribution in [0.15, 0.2) is 18.2 Å². The number of aliphatic carboxylic acids is 1. The van der Waals surface area contributed by atoms with Crippen molar-refractivity contribution in [3.63, 3.8) is 0 Å². The Morgan fingerprint density at radius 1 is 1.31 bits per heavy atom. The molecule has 3 rings (SSSR count). The van der Waals surface area contributed by atoms with Crippen LogP contribution in [0.5, 0.6) is 0 Å². The summed E-state index contributed by atoms with van der Waals surface area (Å²) in [7, 11) is 0. The van der Waals surface area contributed by atoms with E-state index in [1.165, 1.54) is 4.90 Å². The third-order valence-electron chi connectivity index (χ3n) is 4.89. The lowest BCUT2D eigenvalue weighted by Gasteiger charge is -2.29. The molecule has 3 N–H and O–H groups in total. The van der Waals surface area contributed by atoms with Crippen molar-refractivity contribution < 1.29 is 29.4 Å². The maximum atomic E-state index is 12.7. The fourth-order valence-corrected chi connectivity index (χ4v) is 3.49. The zero-order valence-electron chi connectivity index (χ0n) is 14.1. The van der Waals surface area contributed by atoms with Gasteiger partial charge in [0.1, 0.15) is 6.04 Å². The first-order valence-corrected chi connectivity index (χ1v) is 8.54. The van der Waals surface area contributed by atoms with Crippen molar-refractivity contribution >= 4 is 23.7 Å². The molecule has 0 aromatic heterocycles. The highest BCUT2D eigenvalue weighted by atomic mass is 16.4. The number of imide groups is 1. The number of amides is 3. The van der Waals surface area contributed by atoms with Crippen LogP contribution in [0, 0.1) is 0 Å². The van der Waals surface area contributed by atoms with E-state index in [0.717, 1.165) is 11.1 Å². The van der Waals surface area contributed by atoms with Crippen molar-refractivity contribution in [2.45, 2.75) is 50.8 Å². The SMILES string of the molecule is O=C1CCC(N2Cc3c(CCCC(O)C(=O)O)cccc3C2=O)C(=O)N1. The van der Waals surface area contributed by atoms with Crippen LogP contribution in [0.4, 0.5) is 0 Å². The lowest BCUT2D eigenvalue weighted by Crippen LogP contribution is -2.52. The molecular formula is C18H20N2O6. The molecular weight excluding hydrogens is 340 g/mol. The van der Waals surface area contributed by atoms with Gasteiger partial charge in [0.2, 0.25) is 11.8 Å². The lowest BCUT2D eigenvalue weighted by molar-refractivity contribution is -0.147. The van der Waals surface area contributed by atoms with Gasteiger partial charge < -0.3 is 15.1 Å². The number of hydrogen-bond acceptors (Lipinski definition) is 5. The summed E-state index contributed by atoms with van der Waals surface area (Å²) in [6, 6.07) is 4.68. The van der Waals surface area contributed by atoms with E-state index in [0.29, 0.717) is 24.8 Å². The van der Waals surface area contributed by atoms with Crippen LogP contribution >= 0.6 is 0 Å². The number of aliphatic hydroxyl groups excluding tert-OH is 1. The van der Waals surface area contributed by atoms with E-state index in [4.69, 9.17) is 5.11 Å². The Labute approximate surface area is 149 Å². The molecule has 0 radical (unpaired) electrons. The van der Waals surface area contributed by atoms with E-state index in [9.17, 15) is 24.3 Å². The second-order valence-corrected chi connectivity index (χ2v) is 6.59. The number of nitrogens with zero attached hydrogens (tertiary/aromatic N) is 1. The Hall–Kier alpha value is -2.74. The second-order valence-electron chi connectivity index (χ2n) is 6.59. The number of carboxylic acid groups (broad SMARTS) is 1. The van der Waals surface area contributed by atoms with Crippen molar-refractivity contribution in [3.05, 3.63) is 34.9 Å². The largest absolute Gasteiger partial charge is 0.479 e. The van der Waals surface area contributed by atoms with Crippen LogP contribution in [-0.4, -0.2) is 50.9 Å². The van der Waals surface area contributed by atoms with Gasteiger partial charge in [-0.25, -0.2) is 4.79 Å². The molecule has 3 amide bonds. The molecule has 0 aliphatic carbocycles. The van der Waals surface area contributed by atoms with E-state index < -0.39 is 24.0 Å². The molecule has 2 aliphatic heterocycles. The summed E-state index contributed by atoms with van der Waals surface area (Å²) in [5.41, 5.74) is 2.27. The Bertz CT molecular complexity index is 775. The van der Waals surface area contributed by atoms with Gasteiger partial charge in [0.25, 0.3) is 5.91 Å². The summed E-state index contributed by atoms with van der Waals surface area (Å²) < 4.78 is 0. The van der Waals surface area contributed by atoms with Crippen LogP contribution in [0.3, 0.4) is 0 Å². The van der Waals surface area contributed by atoms with Gasteiger partial charge in [0.05, 0.1) is 0 Å². The quantitative estimate of drug-likeness (QED) is 0.623. The lowest BCUT2D eigenvalue weighted by atomic mass is 9.98. The molecule has 2 atom stereocenters. The topological polar surface area (TPSA) is 124 Å². The molecule has 138 valence electrons. The van der Waals surface area contributed by atoms with Crippen LogP contribution < -0.4 is 5.32 Å². The summed E-state index contributed by atoms with van der Waals surface area (Å²) in [6.45, 7) is 0.290. The van der Waals surface area contributed by atoms with Crippen LogP contribution in [0.25, 0.3) is 0 Å². The van der Waals surface area contributed by atoms with Gasteiger partial charge in [-0.3, -0.25) is 19.7 Å². The van der Waals surface area contributed by atoms with E-state index in [2.05, 4.69) is 5.32 Å². The standard InChI is InChI=1S/C18H20N2O6/c21-14(18(25)26)6-2-4-10-3-1-5-11-12(10)9-20(17(11)24)13-7-8-15(22)19-16(13)23/h1,3,5,13-14,21H,2,4,6-9H2,(H,25,26)(H,19,22,23). The summed E-state index contributed by atoms with van der Waals surface area (Å²) in [5, 5.41) is 20.4. The number of carbonyl (C=O) groups is 4. The molecule has 1 fully saturated rings. The third kappa shape index (κ3) is 3.45. The fraction of sp³-hybridized carbons (Fsp3) is 0.444. The molecule has 1 aromatic carbocycles. The number of aliphatic hydroxyl groups is 1. The highest BCUT2D eigenvalue weighted by Gasteiger charge is 2.39. The smallest absolute Gasteiger partial charge is 0.332 e. The maximum Gasteiger partial charge on any atom is 0.332 e. The zero-order chi connectivity index (χ0) is 18.8. The average Bonchev–Trinajstić information content (AvgIpc) is 2.92. The number of nitrogens with one attached hydrogen (secondary N) is 1. The summed E-state index contributed by atoms with van der Waals surface area (Å²) >= 11 is 0. The predicted octanol–water partition coefficient (Wildman–Crippen LogP) is 0.216. The Morgan fingerprint density at radius 2 is 2.08 bits per heavy atom. The predicted molar refractivity (Wildman–Crippen MR) is 89.1 cm³/mol. The molecule has 2 unspecified atom stereocenters. The molecule has 0 saturated carbocycles. The highest BCUT2D eigenvalue weighted by Crippen LogP contribution is 2.30. The number of hydrogen-bond donors (Lipinski definition) is 3. The normalized spacial score (nSPS) is 20.7. The number of carboxylic acids is 1. The number of aryl methyl sites for hydroxylation is 1. The maximum absolute atomic E-state index is 12.7. The Balaban J connectivity index is 1.72. The van der Waals surface area contributed by atoms with E-state index in [1.807, 2.05) is 6.07 Å². The molecule has 8 nitrogen and oxygen atoms in total. The van der Waals surface area contributed by atoms with Gasteiger partial charge in [-0.05, 0) is 42.9 Å². The summed E-state index contributed by atoms with van der Waals surface area (Å²) in [6.07, 6.45) is 0.249. The van der Waals surface area contributed by atoms with Crippen molar-refractivity contribution in [1.29, 1.82) is 0 Å². The van der Waals surface area contributed by atoms with Crippen LogP contribution in [0.2, 0.25) is 0 Å². The number of piperidine rings is 1. The number of rotatable bonds is 6. The summed E-state index contributed by atoms with van der Waals surface area (Å²) in [5.74, 6) is -2.26. The highest BCUT2D eigenvalue weighted by molar-refractivity contribution is 6.05. The van der Waals surface area contributed by atoms with Crippen molar-refractivity contribution in [1.82, 2.24) is 10.2 Å². The van der Waals surface area contributed by atoms with Gasteiger partial charge in [0, 0.05) is 18.5 Å². The minimum Gasteiger partial charge on any atom is -0.479 e. The zero-order valence-corrected chi connectivity index (χ0v) is 14.1. The van der Waals surface area contributed by atoms with Crippen molar-refractivity contribution in [2.75, 3.05) is 0 Å². The molecule has 0 bridgehead atoms. The molecule has 1 saturated heterocycles. The van der Waals surface area contributed by atoms with Gasteiger partial charge in [-0.15, -0.1) is 0 Å². The number of carbonyl (C=O) groups excluding carboxylic acids is 3. The van der Waals surface area contributed by atoms with Gasteiger partial charge >= 0.3 is 5.97 Å². The van der Waals surface area contributed by atoms with E-state index in [1.54, 1.807) is 12.1 Å². The van der Waals surface area contributed by atoms with Crippen molar-refractivity contribution in [2.24, 2.45) is 0 Å². The van der Waals surface area contributed by atoms with Crippen LogP contribution in [-0.2, 0) is 27.3 Å². The van der Waals surface area contributed by atoms with Gasteiger partial charge in [-0.1, -0.05) is 12.1 Å². The molecule has 0 spiro atoms. The monoisotopic (exact) mass is 360 g/mol. The minimum atomic E-state index is -1.40. The first-order valence-electron chi connectivity index (χ1n) is 8.54. The first kappa shape index (κ1) is 18.1. The van der Waals surface area contributed by atoms with Gasteiger partial charge in [-0.2, -0.15) is 0 Å². The minimum absolute atomic E-state index is 0.129. The number of benzene rings is 1. The first-order chi connectivity index (χ1) is 12.4. The molecule has 2 heterocycles. The fourth-order valence-electron chi connectivity index (χ4n) is 3.49. The van der Waals surface area contributed by atoms with E-state index >= 15 is 0 Å². The summed E-state index contributed by atoms with van der Waals surface area (Å²) in [4.78, 5) is 48.2. The van der Waals surface area contributed by atoms with E-state index in [-0.39, 0.29) is 31.2 Å². The molecule has 2 aliphatic rings. The third-order valence-corrected chi connectivity index (χ3v) is 4.89. The second kappa shape index (κ2) is 7.25. The molecule has 26 heavy (non-hydrogen) atoms. The molecule has 1 aromatic rings. The molecule has 8 heteroatoms. The number of fused-ring (bicyclic) bond motifs is 1. The van der Waals surface area contributed by atoms with Crippen molar-refractivity contribution in [3.8, 4) is 0 Å². The van der Waals surface area contributed by atoms with Gasteiger partial charge in [0.15, 0.2) is 6.10 Å². The Kier molecular flexibility index (Phi) is 5.03.